The first kappa shape index (κ1) is 29.5. The Labute approximate surface area is 244 Å². The van der Waals surface area contributed by atoms with Crippen LogP contribution in [0.2, 0.25) is 0 Å². The largest absolute Gasteiger partial charge is 0.497 e. The summed E-state index contributed by atoms with van der Waals surface area (Å²) in [5.41, 5.74) is 0.0621. The molecule has 9 nitrogen and oxygen atoms in total. The number of hydrogen-bond donors (Lipinski definition) is 1. The zero-order valence-corrected chi connectivity index (χ0v) is 24.4. The summed E-state index contributed by atoms with van der Waals surface area (Å²) in [5, 5.41) is 16.1. The van der Waals surface area contributed by atoms with Crippen molar-refractivity contribution in [2.24, 2.45) is 5.14 Å². The molecule has 0 aliphatic carbocycles. The van der Waals surface area contributed by atoms with E-state index in [2.05, 4.69) is 9.36 Å². The van der Waals surface area contributed by atoms with Crippen LogP contribution in [-0.2, 0) is 22.6 Å². The monoisotopic (exact) mass is 702 g/mol. The molecule has 0 bridgehead atoms. The van der Waals surface area contributed by atoms with Crippen LogP contribution in [0.1, 0.15) is 22.3 Å². The van der Waals surface area contributed by atoms with Crippen LogP contribution in [0, 0.1) is 14.9 Å². The normalized spacial score (nSPS) is 11.7. The van der Waals surface area contributed by atoms with Crippen LogP contribution < -0.4 is 19.3 Å². The van der Waals surface area contributed by atoms with Crippen LogP contribution in [0.15, 0.2) is 53.7 Å². The van der Waals surface area contributed by atoms with Gasteiger partial charge in [-0.2, -0.15) is 22.8 Å². The van der Waals surface area contributed by atoms with Crippen molar-refractivity contribution < 1.29 is 35.8 Å². The topological polar surface area (TPSA) is 137 Å². The number of primary sulfonamides is 1. The number of hydrogen-bond acceptors (Lipinski definition) is 9. The lowest BCUT2D eigenvalue weighted by Crippen LogP contribution is -2.16. The van der Waals surface area contributed by atoms with Gasteiger partial charge in [0.2, 0.25) is 10.0 Å². The first-order valence-corrected chi connectivity index (χ1v) is 14.4. The molecule has 2 N–H and O–H groups in total. The second-order valence-electron chi connectivity index (χ2n) is 8.11. The molecule has 3 aromatic carbocycles. The van der Waals surface area contributed by atoms with Crippen LogP contribution >= 0.6 is 34.1 Å². The number of halogens is 4. The molecule has 1 heterocycles. The Hall–Kier alpha value is -3.46. The van der Waals surface area contributed by atoms with Gasteiger partial charge in [-0.3, -0.25) is 0 Å². The number of rotatable bonds is 8. The summed E-state index contributed by atoms with van der Waals surface area (Å²) in [4.78, 5) is 3.63. The predicted molar refractivity (Wildman–Crippen MR) is 148 cm³/mol. The van der Waals surface area contributed by atoms with Gasteiger partial charge in [-0.05, 0) is 75.6 Å². The first-order valence-electron chi connectivity index (χ1n) is 11.0. The van der Waals surface area contributed by atoms with E-state index < -0.39 is 32.4 Å². The number of ether oxygens (including phenoxy) is 3. The van der Waals surface area contributed by atoms with Crippen molar-refractivity contribution in [3.05, 3.63) is 74.6 Å². The Balaban J connectivity index is 1.99. The van der Waals surface area contributed by atoms with E-state index in [-0.39, 0.29) is 26.9 Å². The molecule has 0 unspecified atom stereocenters. The number of nitrogens with zero attached hydrogens (tertiary/aromatic N) is 3. The zero-order valence-electron chi connectivity index (χ0n) is 20.6. The summed E-state index contributed by atoms with van der Waals surface area (Å²) < 4.78 is 85.7. The van der Waals surface area contributed by atoms with E-state index in [9.17, 15) is 26.9 Å². The van der Waals surface area contributed by atoms with Crippen LogP contribution in [0.25, 0.3) is 10.6 Å². The lowest BCUT2D eigenvalue weighted by Gasteiger charge is -2.19. The second kappa shape index (κ2) is 11.6. The van der Waals surface area contributed by atoms with Crippen LogP contribution in [0.5, 0.6) is 23.0 Å². The van der Waals surface area contributed by atoms with E-state index in [1.165, 1.54) is 26.6 Å². The summed E-state index contributed by atoms with van der Waals surface area (Å²) in [7, 11) is -1.55. The number of sulfonamides is 1. The minimum atomic E-state index is -4.60. The Morgan fingerprint density at radius 2 is 1.85 bits per heavy atom. The van der Waals surface area contributed by atoms with E-state index in [1.54, 1.807) is 40.8 Å². The van der Waals surface area contributed by atoms with E-state index >= 15 is 0 Å². The standard InChI is InChI=1S/C25H18F3IN4O5S2/c1-36-15-5-3-13(21(9-15)37-2)7-16-17(24-32-12-33-39-24)10-22(40(31,34)35)23(18(16)11-30)38-20-6-4-14(8-19(20)29)25(26,27)28/h3-6,8-10,12H,7H2,1-2H3,(H2,31,34,35). The van der Waals surface area contributed by atoms with Gasteiger partial charge in [0.1, 0.15) is 45.1 Å². The van der Waals surface area contributed by atoms with E-state index in [0.717, 1.165) is 29.7 Å². The van der Waals surface area contributed by atoms with Gasteiger partial charge in [-0.15, -0.1) is 0 Å². The summed E-state index contributed by atoms with van der Waals surface area (Å²) in [6, 6.07) is 10.9. The number of alkyl halides is 3. The second-order valence-corrected chi connectivity index (χ2v) is 11.6. The third kappa shape index (κ3) is 6.14. The molecule has 1 aromatic heterocycles. The van der Waals surface area contributed by atoms with Gasteiger partial charge in [-0.25, -0.2) is 18.5 Å². The van der Waals surface area contributed by atoms with E-state index in [0.29, 0.717) is 27.6 Å². The van der Waals surface area contributed by atoms with Crippen molar-refractivity contribution in [3.8, 4) is 39.6 Å². The smallest absolute Gasteiger partial charge is 0.416 e. The molecule has 208 valence electrons. The zero-order chi connectivity index (χ0) is 29.2. The highest BCUT2D eigenvalue weighted by Gasteiger charge is 2.32. The van der Waals surface area contributed by atoms with Crippen molar-refractivity contribution in [3.63, 3.8) is 0 Å². The molecule has 0 saturated heterocycles. The summed E-state index contributed by atoms with van der Waals surface area (Å²) in [5.74, 6) is 0.419. The molecule has 15 heteroatoms. The van der Waals surface area contributed by atoms with Crippen LogP contribution in [-0.4, -0.2) is 32.0 Å². The van der Waals surface area contributed by atoms with Crippen molar-refractivity contribution in [2.45, 2.75) is 17.5 Å². The Morgan fingerprint density at radius 3 is 2.40 bits per heavy atom. The average molecular weight is 702 g/mol. The molecule has 4 rings (SSSR count). The summed E-state index contributed by atoms with van der Waals surface area (Å²) in [6.07, 6.45) is -3.28. The molecule has 4 aromatic rings. The maximum atomic E-state index is 13.2. The van der Waals surface area contributed by atoms with Crippen molar-refractivity contribution >= 4 is 44.1 Å². The third-order valence-electron chi connectivity index (χ3n) is 5.70. The molecule has 0 saturated carbocycles. The van der Waals surface area contributed by atoms with Gasteiger partial charge in [-0.1, -0.05) is 6.07 Å². The lowest BCUT2D eigenvalue weighted by molar-refractivity contribution is -0.137. The lowest BCUT2D eigenvalue weighted by atomic mass is 9.94. The fourth-order valence-electron chi connectivity index (χ4n) is 3.83. The SMILES string of the molecule is COc1ccc(Cc2c(-c3ncns3)cc(S(N)(=O)=O)c(Oc3ccc(C(F)(F)F)cc3I)c2C#N)c(OC)c1. The minimum absolute atomic E-state index is 0.0308. The number of nitriles is 1. The van der Waals surface area contributed by atoms with Gasteiger partial charge >= 0.3 is 6.18 Å². The first-order chi connectivity index (χ1) is 18.9. The third-order valence-corrected chi connectivity index (χ3v) is 8.15. The molecular formula is C25H18F3IN4O5S2. The predicted octanol–water partition coefficient (Wildman–Crippen LogP) is 5.75. The fraction of sp³-hybridized carbons (Fsp3) is 0.160. The Morgan fingerprint density at radius 1 is 1.10 bits per heavy atom. The van der Waals surface area contributed by atoms with Crippen molar-refractivity contribution in [1.29, 1.82) is 5.26 Å². The number of nitrogens with two attached hydrogens (primary N) is 1. The molecule has 40 heavy (non-hydrogen) atoms. The average Bonchev–Trinajstić information content (AvgIpc) is 3.43. The van der Waals surface area contributed by atoms with Gasteiger partial charge in [0.05, 0.1) is 23.4 Å². The highest BCUT2D eigenvalue weighted by atomic mass is 127. The Bertz CT molecular complexity index is 1720. The van der Waals surface area contributed by atoms with Crippen LogP contribution in [0.4, 0.5) is 13.2 Å². The number of benzene rings is 3. The van der Waals surface area contributed by atoms with Crippen molar-refractivity contribution in [1.82, 2.24) is 9.36 Å². The molecule has 0 spiro atoms. The molecule has 0 radical (unpaired) electrons. The fourth-order valence-corrected chi connectivity index (χ4v) is 5.71. The van der Waals surface area contributed by atoms with E-state index in [4.69, 9.17) is 19.3 Å². The van der Waals surface area contributed by atoms with Crippen LogP contribution in [0.3, 0.4) is 0 Å². The van der Waals surface area contributed by atoms with Crippen molar-refractivity contribution in [2.75, 3.05) is 14.2 Å². The minimum Gasteiger partial charge on any atom is -0.497 e. The van der Waals surface area contributed by atoms with Gasteiger partial charge in [0, 0.05) is 18.1 Å². The molecule has 0 amide bonds. The maximum Gasteiger partial charge on any atom is 0.416 e. The highest BCUT2D eigenvalue weighted by Crippen LogP contribution is 2.43. The molecular weight excluding hydrogens is 684 g/mol. The van der Waals surface area contributed by atoms with Gasteiger partial charge in [0.25, 0.3) is 0 Å². The summed E-state index contributed by atoms with van der Waals surface area (Å²) in [6.45, 7) is 0. The molecule has 0 atom stereocenters. The number of methoxy groups -OCH3 is 2. The molecule has 0 aliphatic rings. The van der Waals surface area contributed by atoms with Gasteiger partial charge < -0.3 is 14.2 Å². The summed E-state index contributed by atoms with van der Waals surface area (Å²) >= 11 is 2.60. The van der Waals surface area contributed by atoms with E-state index in [1.807, 2.05) is 6.07 Å². The van der Waals surface area contributed by atoms with Gasteiger partial charge in [0.15, 0.2) is 5.75 Å². The Kier molecular flexibility index (Phi) is 8.54. The maximum absolute atomic E-state index is 13.2. The number of aromatic nitrogens is 2. The highest BCUT2D eigenvalue weighted by molar-refractivity contribution is 14.1. The molecule has 0 fully saturated rings. The molecule has 0 aliphatic heterocycles. The quantitative estimate of drug-likeness (QED) is 0.230.